The summed E-state index contributed by atoms with van der Waals surface area (Å²) in [6.07, 6.45) is 0. The SMILES string of the molecule is COC(=O)C(NC(=O)C(=N)c1ccc(OCc2ccccc2)cc1NCc1ccc(F)cc1)C(C)(C)C. The second kappa shape index (κ2) is 12.2. The van der Waals surface area contributed by atoms with Gasteiger partial charge in [-0.2, -0.15) is 0 Å². The van der Waals surface area contributed by atoms with Gasteiger partial charge in [-0.25, -0.2) is 9.18 Å². The Hall–Kier alpha value is -4.20. The van der Waals surface area contributed by atoms with Crippen LogP contribution in [0.2, 0.25) is 0 Å². The molecule has 0 bridgehead atoms. The van der Waals surface area contributed by atoms with Gasteiger partial charge in [-0.15, -0.1) is 0 Å². The molecular weight excluding hydrogens is 473 g/mol. The van der Waals surface area contributed by atoms with Gasteiger partial charge in [-0.1, -0.05) is 63.2 Å². The lowest BCUT2D eigenvalue weighted by Crippen LogP contribution is -2.51. The molecule has 0 spiro atoms. The minimum atomic E-state index is -0.936. The number of amides is 1. The minimum Gasteiger partial charge on any atom is -0.489 e. The Morgan fingerprint density at radius 3 is 2.27 bits per heavy atom. The molecule has 7 nitrogen and oxygen atoms in total. The Morgan fingerprint density at radius 2 is 1.65 bits per heavy atom. The molecule has 194 valence electrons. The molecule has 1 amide bonds. The van der Waals surface area contributed by atoms with Crippen molar-refractivity contribution in [2.24, 2.45) is 5.41 Å². The fourth-order valence-corrected chi connectivity index (χ4v) is 3.59. The molecule has 0 aliphatic heterocycles. The van der Waals surface area contributed by atoms with Crippen LogP contribution in [0.25, 0.3) is 0 Å². The average Bonchev–Trinajstić information content (AvgIpc) is 2.89. The number of anilines is 1. The Balaban J connectivity index is 1.85. The third-order valence-corrected chi connectivity index (χ3v) is 5.71. The van der Waals surface area contributed by atoms with E-state index in [1.54, 1.807) is 51.1 Å². The van der Waals surface area contributed by atoms with Gasteiger partial charge in [0.2, 0.25) is 0 Å². The summed E-state index contributed by atoms with van der Waals surface area (Å²) < 4.78 is 24.1. The topological polar surface area (TPSA) is 101 Å². The normalized spacial score (nSPS) is 11.8. The lowest BCUT2D eigenvalue weighted by atomic mass is 9.86. The number of hydrogen-bond donors (Lipinski definition) is 3. The second-order valence-electron chi connectivity index (χ2n) is 9.63. The maximum Gasteiger partial charge on any atom is 0.328 e. The fraction of sp³-hybridized carbons (Fsp3) is 0.276. The van der Waals surface area contributed by atoms with Crippen molar-refractivity contribution in [3.05, 3.63) is 95.3 Å². The van der Waals surface area contributed by atoms with Gasteiger partial charge in [0.1, 0.15) is 29.9 Å². The molecule has 3 aromatic rings. The molecule has 0 saturated heterocycles. The number of esters is 1. The fourth-order valence-electron chi connectivity index (χ4n) is 3.59. The van der Waals surface area contributed by atoms with E-state index in [2.05, 4.69) is 10.6 Å². The zero-order valence-electron chi connectivity index (χ0n) is 21.4. The molecular formula is C29H32FN3O4. The zero-order valence-corrected chi connectivity index (χ0v) is 21.4. The molecule has 1 unspecified atom stereocenters. The Bertz CT molecular complexity index is 1240. The molecule has 0 aliphatic rings. The molecule has 0 aromatic heterocycles. The number of methoxy groups -OCH3 is 1. The van der Waals surface area contributed by atoms with E-state index < -0.39 is 23.3 Å². The van der Waals surface area contributed by atoms with Gasteiger partial charge >= 0.3 is 5.97 Å². The second-order valence-corrected chi connectivity index (χ2v) is 9.63. The van der Waals surface area contributed by atoms with Crippen LogP contribution in [0.1, 0.15) is 37.5 Å². The number of carbonyl (C=O) groups is 2. The van der Waals surface area contributed by atoms with Crippen LogP contribution >= 0.6 is 0 Å². The van der Waals surface area contributed by atoms with E-state index in [0.29, 0.717) is 30.2 Å². The van der Waals surface area contributed by atoms with E-state index in [9.17, 15) is 14.0 Å². The van der Waals surface area contributed by atoms with Gasteiger partial charge in [0.25, 0.3) is 5.91 Å². The van der Waals surface area contributed by atoms with E-state index in [-0.39, 0.29) is 11.5 Å². The molecule has 3 N–H and O–H groups in total. The summed E-state index contributed by atoms with van der Waals surface area (Å²) in [6.45, 7) is 6.08. The summed E-state index contributed by atoms with van der Waals surface area (Å²) in [5, 5.41) is 14.5. The molecule has 0 radical (unpaired) electrons. The van der Waals surface area contributed by atoms with Gasteiger partial charge in [0.15, 0.2) is 0 Å². The highest BCUT2D eigenvalue weighted by atomic mass is 19.1. The largest absolute Gasteiger partial charge is 0.489 e. The highest BCUT2D eigenvalue weighted by Crippen LogP contribution is 2.26. The highest BCUT2D eigenvalue weighted by molar-refractivity contribution is 6.45. The summed E-state index contributed by atoms with van der Waals surface area (Å²) in [5.74, 6) is -1.09. The number of rotatable bonds is 10. The number of halogens is 1. The van der Waals surface area contributed by atoms with E-state index >= 15 is 0 Å². The van der Waals surface area contributed by atoms with Crippen molar-refractivity contribution in [3.63, 3.8) is 0 Å². The van der Waals surface area contributed by atoms with Gasteiger partial charge < -0.3 is 20.1 Å². The minimum absolute atomic E-state index is 0.323. The standard InChI is InChI=1S/C29H32FN3O4/c1-29(2,3)26(28(35)36-4)33-27(34)25(31)23-15-14-22(37-18-20-8-6-5-7-9-20)16-24(23)32-17-19-10-12-21(30)13-11-19/h5-16,26,31-32H,17-18H2,1-4H3,(H,33,34). The first-order valence-corrected chi connectivity index (χ1v) is 11.8. The predicted molar refractivity (Wildman–Crippen MR) is 141 cm³/mol. The Labute approximate surface area is 216 Å². The zero-order chi connectivity index (χ0) is 27.0. The van der Waals surface area contributed by atoms with Crippen LogP contribution in [-0.2, 0) is 27.5 Å². The summed E-state index contributed by atoms with van der Waals surface area (Å²) in [6, 6.07) is 19.8. The Kier molecular flexibility index (Phi) is 9.00. The molecule has 8 heteroatoms. The average molecular weight is 506 g/mol. The maximum absolute atomic E-state index is 13.3. The summed E-state index contributed by atoms with van der Waals surface area (Å²) >= 11 is 0. The van der Waals surface area contributed by atoms with Crippen LogP contribution < -0.4 is 15.4 Å². The van der Waals surface area contributed by atoms with Crippen LogP contribution in [0, 0.1) is 16.6 Å². The highest BCUT2D eigenvalue weighted by Gasteiger charge is 2.34. The lowest BCUT2D eigenvalue weighted by Gasteiger charge is -2.29. The van der Waals surface area contributed by atoms with Crippen molar-refractivity contribution < 1.29 is 23.5 Å². The third-order valence-electron chi connectivity index (χ3n) is 5.71. The predicted octanol–water partition coefficient (Wildman–Crippen LogP) is 5.09. The van der Waals surface area contributed by atoms with Gasteiger partial charge in [0.05, 0.1) is 7.11 Å². The molecule has 3 aromatic carbocycles. The molecule has 1 atom stereocenters. The Morgan fingerprint density at radius 1 is 0.973 bits per heavy atom. The number of ether oxygens (including phenoxy) is 2. The molecule has 0 heterocycles. The van der Waals surface area contributed by atoms with Crippen molar-refractivity contribution in [1.29, 1.82) is 5.41 Å². The van der Waals surface area contributed by atoms with Gasteiger partial charge in [-0.05, 0) is 40.8 Å². The van der Waals surface area contributed by atoms with Crippen molar-refractivity contribution >= 4 is 23.3 Å². The van der Waals surface area contributed by atoms with E-state index in [1.165, 1.54) is 19.2 Å². The monoisotopic (exact) mass is 505 g/mol. The van der Waals surface area contributed by atoms with Crippen LogP contribution in [0.5, 0.6) is 5.75 Å². The van der Waals surface area contributed by atoms with Crippen molar-refractivity contribution in [1.82, 2.24) is 5.32 Å². The molecule has 0 saturated carbocycles. The first-order valence-electron chi connectivity index (χ1n) is 11.8. The van der Waals surface area contributed by atoms with E-state index in [4.69, 9.17) is 14.9 Å². The molecule has 0 fully saturated rings. The van der Waals surface area contributed by atoms with Crippen molar-refractivity contribution in [2.75, 3.05) is 12.4 Å². The van der Waals surface area contributed by atoms with E-state index in [1.807, 2.05) is 30.3 Å². The molecule has 37 heavy (non-hydrogen) atoms. The van der Waals surface area contributed by atoms with Crippen molar-refractivity contribution in [2.45, 2.75) is 40.0 Å². The molecule has 0 aliphatic carbocycles. The number of benzene rings is 3. The molecule has 3 rings (SSSR count). The quantitative estimate of drug-likeness (QED) is 0.263. The van der Waals surface area contributed by atoms with Crippen LogP contribution in [-0.4, -0.2) is 30.7 Å². The van der Waals surface area contributed by atoms with Crippen LogP contribution in [0.4, 0.5) is 10.1 Å². The smallest absolute Gasteiger partial charge is 0.328 e. The van der Waals surface area contributed by atoms with Gasteiger partial charge in [0, 0.05) is 23.9 Å². The number of hydrogen-bond acceptors (Lipinski definition) is 6. The summed E-state index contributed by atoms with van der Waals surface area (Å²) in [7, 11) is 1.25. The number of carbonyl (C=O) groups excluding carboxylic acids is 2. The summed E-state index contributed by atoms with van der Waals surface area (Å²) in [5.41, 5.74) is 1.67. The lowest BCUT2D eigenvalue weighted by molar-refractivity contribution is -0.147. The van der Waals surface area contributed by atoms with Gasteiger partial charge in [-0.3, -0.25) is 10.2 Å². The van der Waals surface area contributed by atoms with Crippen LogP contribution in [0.3, 0.4) is 0 Å². The van der Waals surface area contributed by atoms with Crippen LogP contribution in [0.15, 0.2) is 72.8 Å². The number of nitrogens with one attached hydrogen (secondary N) is 3. The first kappa shape index (κ1) is 27.4. The summed E-state index contributed by atoms with van der Waals surface area (Å²) in [4.78, 5) is 25.3. The third kappa shape index (κ3) is 7.64. The maximum atomic E-state index is 13.3. The van der Waals surface area contributed by atoms with Crippen molar-refractivity contribution in [3.8, 4) is 5.75 Å². The van der Waals surface area contributed by atoms with E-state index in [0.717, 1.165) is 11.1 Å². The first-order chi connectivity index (χ1) is 17.6.